The van der Waals surface area contributed by atoms with Crippen LogP contribution < -0.4 is 0 Å². The van der Waals surface area contributed by atoms with Crippen molar-refractivity contribution in [1.82, 2.24) is 9.88 Å². The largest absolute Gasteiger partial charge is 0.478 e. The zero-order valence-corrected chi connectivity index (χ0v) is 14.6. The first-order valence-electron chi connectivity index (χ1n) is 8.72. The fourth-order valence-corrected chi connectivity index (χ4v) is 3.47. The SMILES string of the molecule is Cc1nc(C(=O)N2CCCC2CC(O)c2ccccc2)ccc1C(=O)O. The molecule has 0 aliphatic carbocycles. The zero-order chi connectivity index (χ0) is 18.7. The van der Waals surface area contributed by atoms with Crippen molar-refractivity contribution in [2.24, 2.45) is 0 Å². The van der Waals surface area contributed by atoms with Crippen LogP contribution in [0, 0.1) is 6.92 Å². The third-order valence-electron chi connectivity index (χ3n) is 4.85. The summed E-state index contributed by atoms with van der Waals surface area (Å²) < 4.78 is 0. The molecule has 6 nitrogen and oxygen atoms in total. The standard InChI is InChI=1S/C20H22N2O4/c1-13-16(20(25)26)9-10-17(21-13)19(24)22-11-5-8-15(22)12-18(23)14-6-3-2-4-7-14/h2-4,6-7,9-10,15,18,23H,5,8,11-12H2,1H3,(H,25,26). The lowest BCUT2D eigenvalue weighted by molar-refractivity contribution is 0.0654. The number of hydrogen-bond acceptors (Lipinski definition) is 4. The van der Waals surface area contributed by atoms with Crippen molar-refractivity contribution in [3.63, 3.8) is 0 Å². The highest BCUT2D eigenvalue weighted by atomic mass is 16.4. The average Bonchev–Trinajstić information content (AvgIpc) is 3.09. The number of aryl methyl sites for hydroxylation is 1. The van der Waals surface area contributed by atoms with Crippen molar-refractivity contribution >= 4 is 11.9 Å². The highest BCUT2D eigenvalue weighted by Gasteiger charge is 2.32. The van der Waals surface area contributed by atoms with Gasteiger partial charge in [0.2, 0.25) is 0 Å². The van der Waals surface area contributed by atoms with Gasteiger partial charge in [0.05, 0.1) is 17.4 Å². The first kappa shape index (κ1) is 18.1. The molecule has 3 rings (SSSR count). The molecule has 1 amide bonds. The number of hydrogen-bond donors (Lipinski definition) is 2. The van der Waals surface area contributed by atoms with E-state index in [1.54, 1.807) is 11.8 Å². The van der Waals surface area contributed by atoms with Crippen LogP contribution in [0.4, 0.5) is 0 Å². The predicted octanol–water partition coefficient (Wildman–Crippen LogP) is 2.82. The lowest BCUT2D eigenvalue weighted by Crippen LogP contribution is -2.37. The summed E-state index contributed by atoms with van der Waals surface area (Å²) >= 11 is 0. The van der Waals surface area contributed by atoms with Crippen LogP contribution in [0.5, 0.6) is 0 Å². The Bertz CT molecular complexity index is 807. The molecule has 1 aliphatic rings. The van der Waals surface area contributed by atoms with Gasteiger partial charge in [-0.15, -0.1) is 0 Å². The predicted molar refractivity (Wildman–Crippen MR) is 96.0 cm³/mol. The zero-order valence-electron chi connectivity index (χ0n) is 14.6. The number of carbonyl (C=O) groups is 2. The fourth-order valence-electron chi connectivity index (χ4n) is 3.47. The molecule has 1 aromatic heterocycles. The molecule has 1 aromatic carbocycles. The van der Waals surface area contributed by atoms with Crippen LogP contribution in [0.3, 0.4) is 0 Å². The van der Waals surface area contributed by atoms with Crippen molar-refractivity contribution in [1.29, 1.82) is 0 Å². The first-order chi connectivity index (χ1) is 12.5. The van der Waals surface area contributed by atoms with Crippen LogP contribution in [0.1, 0.15) is 57.5 Å². The Kier molecular flexibility index (Phi) is 5.32. The Balaban J connectivity index is 1.74. The molecular weight excluding hydrogens is 332 g/mol. The summed E-state index contributed by atoms with van der Waals surface area (Å²) in [5.41, 5.74) is 1.50. The second-order valence-electron chi connectivity index (χ2n) is 6.59. The van der Waals surface area contributed by atoms with Gasteiger partial charge in [-0.1, -0.05) is 30.3 Å². The van der Waals surface area contributed by atoms with Gasteiger partial charge < -0.3 is 15.1 Å². The molecule has 2 atom stereocenters. The molecule has 2 aromatic rings. The summed E-state index contributed by atoms with van der Waals surface area (Å²) in [5, 5.41) is 19.6. The molecule has 2 N–H and O–H groups in total. The summed E-state index contributed by atoms with van der Waals surface area (Å²) in [4.78, 5) is 29.9. The quantitative estimate of drug-likeness (QED) is 0.862. The highest BCUT2D eigenvalue weighted by molar-refractivity contribution is 5.94. The van der Waals surface area contributed by atoms with E-state index in [1.165, 1.54) is 12.1 Å². The first-order valence-corrected chi connectivity index (χ1v) is 8.72. The summed E-state index contributed by atoms with van der Waals surface area (Å²) in [5.74, 6) is -1.27. The molecule has 26 heavy (non-hydrogen) atoms. The number of aliphatic hydroxyl groups excluding tert-OH is 1. The maximum atomic E-state index is 12.8. The van der Waals surface area contributed by atoms with Crippen LogP contribution in [-0.2, 0) is 0 Å². The van der Waals surface area contributed by atoms with Crippen LogP contribution in [-0.4, -0.2) is 44.6 Å². The third kappa shape index (κ3) is 3.75. The van der Waals surface area contributed by atoms with Crippen molar-refractivity contribution in [3.8, 4) is 0 Å². The van der Waals surface area contributed by atoms with Crippen molar-refractivity contribution in [2.45, 2.75) is 38.3 Å². The highest BCUT2D eigenvalue weighted by Crippen LogP contribution is 2.28. The van der Waals surface area contributed by atoms with E-state index in [1.807, 2.05) is 30.3 Å². The number of aliphatic hydroxyl groups is 1. The van der Waals surface area contributed by atoms with Gasteiger partial charge in [-0.2, -0.15) is 0 Å². The Morgan fingerprint density at radius 1 is 1.23 bits per heavy atom. The van der Waals surface area contributed by atoms with Crippen molar-refractivity contribution < 1.29 is 19.8 Å². The normalized spacial score (nSPS) is 17.9. The minimum atomic E-state index is -1.06. The van der Waals surface area contributed by atoms with Gasteiger partial charge in [-0.25, -0.2) is 9.78 Å². The van der Waals surface area contributed by atoms with Crippen LogP contribution in [0.2, 0.25) is 0 Å². The topological polar surface area (TPSA) is 90.7 Å². The number of nitrogens with zero attached hydrogens (tertiary/aromatic N) is 2. The Morgan fingerprint density at radius 3 is 2.62 bits per heavy atom. The number of pyridine rings is 1. The fraction of sp³-hybridized carbons (Fsp3) is 0.350. The van der Waals surface area contributed by atoms with Crippen LogP contribution >= 0.6 is 0 Å². The molecular formula is C20H22N2O4. The second kappa shape index (κ2) is 7.66. The number of benzene rings is 1. The number of carbonyl (C=O) groups excluding carboxylic acids is 1. The number of likely N-dealkylation sites (tertiary alicyclic amines) is 1. The van der Waals surface area contributed by atoms with Gasteiger partial charge in [0.1, 0.15) is 5.69 Å². The minimum Gasteiger partial charge on any atom is -0.478 e. The third-order valence-corrected chi connectivity index (χ3v) is 4.85. The minimum absolute atomic E-state index is 0.0565. The van der Waals surface area contributed by atoms with E-state index in [0.29, 0.717) is 18.7 Å². The lowest BCUT2D eigenvalue weighted by atomic mass is 10.0. The summed E-state index contributed by atoms with van der Waals surface area (Å²) in [6.45, 7) is 2.20. The molecule has 2 heterocycles. The molecule has 0 saturated carbocycles. The molecule has 1 aliphatic heterocycles. The summed E-state index contributed by atoms with van der Waals surface area (Å²) in [6, 6.07) is 12.2. The van der Waals surface area contributed by atoms with Gasteiger partial charge in [0.15, 0.2) is 0 Å². The molecule has 0 bridgehead atoms. The molecule has 0 radical (unpaired) electrons. The smallest absolute Gasteiger partial charge is 0.337 e. The monoisotopic (exact) mass is 354 g/mol. The Morgan fingerprint density at radius 2 is 1.96 bits per heavy atom. The Hall–Kier alpha value is -2.73. The molecule has 136 valence electrons. The van der Waals surface area contributed by atoms with E-state index in [2.05, 4.69) is 4.98 Å². The van der Waals surface area contributed by atoms with Gasteiger partial charge in [-0.05, 0) is 43.9 Å². The molecule has 6 heteroatoms. The lowest BCUT2D eigenvalue weighted by Gasteiger charge is -2.26. The number of aromatic nitrogens is 1. The number of rotatable bonds is 5. The van der Waals surface area contributed by atoms with Gasteiger partial charge in [0, 0.05) is 12.6 Å². The van der Waals surface area contributed by atoms with E-state index in [9.17, 15) is 14.7 Å². The van der Waals surface area contributed by atoms with Crippen LogP contribution in [0.15, 0.2) is 42.5 Å². The number of carboxylic acids is 1. The van der Waals surface area contributed by atoms with Crippen LogP contribution in [0.25, 0.3) is 0 Å². The van der Waals surface area contributed by atoms with Gasteiger partial charge in [-0.3, -0.25) is 4.79 Å². The number of amides is 1. The van der Waals surface area contributed by atoms with Gasteiger partial charge >= 0.3 is 5.97 Å². The number of aromatic carboxylic acids is 1. The maximum Gasteiger partial charge on any atom is 0.337 e. The van der Waals surface area contributed by atoms with E-state index >= 15 is 0 Å². The van der Waals surface area contributed by atoms with E-state index in [-0.39, 0.29) is 23.2 Å². The van der Waals surface area contributed by atoms with Gasteiger partial charge in [0.25, 0.3) is 5.91 Å². The summed E-state index contributed by atoms with van der Waals surface area (Å²) in [7, 11) is 0. The number of carboxylic acid groups (broad SMARTS) is 1. The van der Waals surface area contributed by atoms with Crippen molar-refractivity contribution in [2.75, 3.05) is 6.54 Å². The van der Waals surface area contributed by atoms with E-state index in [4.69, 9.17) is 5.11 Å². The maximum absolute atomic E-state index is 12.8. The molecule has 2 unspecified atom stereocenters. The Labute approximate surface area is 152 Å². The molecule has 0 spiro atoms. The second-order valence-corrected chi connectivity index (χ2v) is 6.59. The molecule has 1 fully saturated rings. The van der Waals surface area contributed by atoms with E-state index in [0.717, 1.165) is 18.4 Å². The molecule has 1 saturated heterocycles. The average molecular weight is 354 g/mol. The summed E-state index contributed by atoms with van der Waals surface area (Å²) in [6.07, 6.45) is 1.56. The van der Waals surface area contributed by atoms with Crippen molar-refractivity contribution in [3.05, 3.63) is 65.0 Å². The van der Waals surface area contributed by atoms with E-state index < -0.39 is 12.1 Å².